The van der Waals surface area contributed by atoms with Crippen molar-refractivity contribution in [2.45, 2.75) is 25.3 Å². The fraction of sp³-hybridized carbons (Fsp3) is 0.429. The van der Waals surface area contributed by atoms with Gasteiger partial charge in [-0.25, -0.2) is 0 Å². The van der Waals surface area contributed by atoms with Crippen molar-refractivity contribution in [3.63, 3.8) is 0 Å². The van der Waals surface area contributed by atoms with E-state index in [0.717, 1.165) is 17.7 Å². The van der Waals surface area contributed by atoms with Gasteiger partial charge >= 0.3 is 0 Å². The molecule has 1 fully saturated rings. The van der Waals surface area contributed by atoms with E-state index in [-0.39, 0.29) is 17.9 Å². The molecule has 19 heavy (non-hydrogen) atoms. The number of benzene rings is 1. The summed E-state index contributed by atoms with van der Waals surface area (Å²) >= 11 is 0. The van der Waals surface area contributed by atoms with E-state index < -0.39 is 0 Å². The SMILES string of the molecule is COc1ccc(CC(=O)NCC2CCC(=O)N2)cc1. The molecule has 2 rings (SSSR count). The maximum absolute atomic E-state index is 11.8. The zero-order chi connectivity index (χ0) is 13.7. The molecular formula is C14H18N2O3. The first-order chi connectivity index (χ1) is 9.17. The first kappa shape index (κ1) is 13.4. The molecule has 2 amide bonds. The summed E-state index contributed by atoms with van der Waals surface area (Å²) in [6.07, 6.45) is 1.69. The number of carbonyl (C=O) groups excluding carboxylic acids is 2. The highest BCUT2D eigenvalue weighted by Gasteiger charge is 2.20. The van der Waals surface area contributed by atoms with Gasteiger partial charge in [0.15, 0.2) is 0 Å². The van der Waals surface area contributed by atoms with Gasteiger partial charge in [0.05, 0.1) is 13.5 Å². The Hall–Kier alpha value is -2.04. The lowest BCUT2D eigenvalue weighted by molar-refractivity contribution is -0.121. The normalized spacial score (nSPS) is 17.9. The highest BCUT2D eigenvalue weighted by atomic mass is 16.5. The van der Waals surface area contributed by atoms with Gasteiger partial charge in [0.25, 0.3) is 0 Å². The molecule has 1 saturated heterocycles. The Kier molecular flexibility index (Phi) is 4.39. The number of amides is 2. The summed E-state index contributed by atoms with van der Waals surface area (Å²) in [5, 5.41) is 5.66. The molecule has 1 aliphatic heterocycles. The van der Waals surface area contributed by atoms with Crippen molar-refractivity contribution in [3.8, 4) is 5.75 Å². The zero-order valence-corrected chi connectivity index (χ0v) is 10.9. The van der Waals surface area contributed by atoms with E-state index in [0.29, 0.717) is 19.4 Å². The van der Waals surface area contributed by atoms with E-state index in [4.69, 9.17) is 4.74 Å². The largest absolute Gasteiger partial charge is 0.497 e. The Morgan fingerprint density at radius 2 is 2.16 bits per heavy atom. The fourth-order valence-electron chi connectivity index (χ4n) is 2.06. The maximum Gasteiger partial charge on any atom is 0.224 e. The van der Waals surface area contributed by atoms with Crippen LogP contribution in [0.3, 0.4) is 0 Å². The van der Waals surface area contributed by atoms with Crippen LogP contribution in [-0.2, 0) is 16.0 Å². The van der Waals surface area contributed by atoms with Crippen molar-refractivity contribution < 1.29 is 14.3 Å². The van der Waals surface area contributed by atoms with Crippen molar-refractivity contribution in [2.24, 2.45) is 0 Å². The Bertz CT molecular complexity index is 456. The van der Waals surface area contributed by atoms with Crippen molar-refractivity contribution in [2.75, 3.05) is 13.7 Å². The Balaban J connectivity index is 1.75. The van der Waals surface area contributed by atoms with Gasteiger partial charge in [0.1, 0.15) is 5.75 Å². The third-order valence-corrected chi connectivity index (χ3v) is 3.15. The molecule has 0 radical (unpaired) electrons. The minimum atomic E-state index is -0.0358. The van der Waals surface area contributed by atoms with Crippen LogP contribution in [0.2, 0.25) is 0 Å². The molecule has 0 aromatic heterocycles. The van der Waals surface area contributed by atoms with Crippen LogP contribution in [0.1, 0.15) is 18.4 Å². The first-order valence-corrected chi connectivity index (χ1v) is 6.36. The summed E-state index contributed by atoms with van der Waals surface area (Å²) < 4.78 is 5.06. The summed E-state index contributed by atoms with van der Waals surface area (Å²) in [5.74, 6) is 0.804. The van der Waals surface area contributed by atoms with Crippen LogP contribution in [0, 0.1) is 0 Å². The van der Waals surface area contributed by atoms with Crippen molar-refractivity contribution >= 4 is 11.8 Å². The summed E-state index contributed by atoms with van der Waals surface area (Å²) in [7, 11) is 1.61. The fourth-order valence-corrected chi connectivity index (χ4v) is 2.06. The second kappa shape index (κ2) is 6.22. The van der Waals surface area contributed by atoms with Crippen LogP contribution in [0.5, 0.6) is 5.75 Å². The zero-order valence-electron chi connectivity index (χ0n) is 10.9. The second-order valence-electron chi connectivity index (χ2n) is 4.63. The quantitative estimate of drug-likeness (QED) is 0.818. The molecule has 0 bridgehead atoms. The van der Waals surface area contributed by atoms with E-state index in [1.54, 1.807) is 7.11 Å². The molecule has 1 aliphatic rings. The van der Waals surface area contributed by atoms with E-state index in [9.17, 15) is 9.59 Å². The molecule has 1 atom stereocenters. The molecule has 2 N–H and O–H groups in total. The lowest BCUT2D eigenvalue weighted by atomic mass is 10.1. The Labute approximate surface area is 112 Å². The Morgan fingerprint density at radius 3 is 2.74 bits per heavy atom. The maximum atomic E-state index is 11.8. The van der Waals surface area contributed by atoms with Crippen LogP contribution < -0.4 is 15.4 Å². The van der Waals surface area contributed by atoms with E-state index >= 15 is 0 Å². The smallest absolute Gasteiger partial charge is 0.224 e. The predicted octanol–water partition coefficient (Wildman–Crippen LogP) is 0.632. The molecule has 1 aromatic rings. The number of carbonyl (C=O) groups is 2. The average Bonchev–Trinajstić information content (AvgIpc) is 2.83. The van der Waals surface area contributed by atoms with Crippen molar-refractivity contribution in [1.29, 1.82) is 0 Å². The van der Waals surface area contributed by atoms with Gasteiger partial charge in [0.2, 0.25) is 11.8 Å². The number of methoxy groups -OCH3 is 1. The molecule has 102 valence electrons. The van der Waals surface area contributed by atoms with Gasteiger partial charge in [-0.2, -0.15) is 0 Å². The van der Waals surface area contributed by atoms with Gasteiger partial charge in [-0.15, -0.1) is 0 Å². The second-order valence-corrected chi connectivity index (χ2v) is 4.63. The first-order valence-electron chi connectivity index (χ1n) is 6.36. The van der Waals surface area contributed by atoms with Crippen LogP contribution in [0.25, 0.3) is 0 Å². The summed E-state index contributed by atoms with van der Waals surface area (Å²) in [6, 6.07) is 7.48. The van der Waals surface area contributed by atoms with Crippen LogP contribution in [0.4, 0.5) is 0 Å². The standard InChI is InChI=1S/C14H18N2O3/c1-19-12-5-2-10(3-6-12)8-14(18)15-9-11-4-7-13(17)16-11/h2-3,5-6,11H,4,7-9H2,1H3,(H,15,18)(H,16,17). The number of hydrogen-bond donors (Lipinski definition) is 2. The molecule has 1 aromatic carbocycles. The average molecular weight is 262 g/mol. The number of rotatable bonds is 5. The van der Waals surface area contributed by atoms with E-state index in [2.05, 4.69) is 10.6 Å². The van der Waals surface area contributed by atoms with Crippen LogP contribution >= 0.6 is 0 Å². The lowest BCUT2D eigenvalue weighted by Crippen LogP contribution is -2.38. The van der Waals surface area contributed by atoms with Gasteiger partial charge in [-0.3, -0.25) is 9.59 Å². The highest BCUT2D eigenvalue weighted by Crippen LogP contribution is 2.11. The monoisotopic (exact) mass is 262 g/mol. The molecule has 0 spiro atoms. The van der Waals surface area contributed by atoms with Crippen LogP contribution in [-0.4, -0.2) is 31.5 Å². The topological polar surface area (TPSA) is 67.4 Å². The highest BCUT2D eigenvalue weighted by molar-refractivity contribution is 5.80. The van der Waals surface area contributed by atoms with Crippen molar-refractivity contribution in [1.82, 2.24) is 10.6 Å². The molecule has 0 aliphatic carbocycles. The number of nitrogens with one attached hydrogen (secondary N) is 2. The summed E-state index contributed by atoms with van der Waals surface area (Å²) in [4.78, 5) is 22.8. The van der Waals surface area contributed by atoms with Crippen LogP contribution in [0.15, 0.2) is 24.3 Å². The number of hydrogen-bond acceptors (Lipinski definition) is 3. The van der Waals surface area contributed by atoms with E-state index in [1.807, 2.05) is 24.3 Å². The third-order valence-electron chi connectivity index (χ3n) is 3.15. The Morgan fingerprint density at radius 1 is 1.42 bits per heavy atom. The molecule has 0 saturated carbocycles. The summed E-state index contributed by atoms with van der Waals surface area (Å²) in [6.45, 7) is 0.501. The van der Waals surface area contributed by atoms with Gasteiger partial charge in [-0.05, 0) is 24.1 Å². The molecule has 5 heteroatoms. The minimum absolute atomic E-state index is 0.0358. The van der Waals surface area contributed by atoms with Gasteiger partial charge in [0, 0.05) is 19.0 Å². The third kappa shape index (κ3) is 3.98. The number of ether oxygens (including phenoxy) is 1. The molecule has 1 unspecified atom stereocenters. The summed E-state index contributed by atoms with van der Waals surface area (Å²) in [5.41, 5.74) is 0.939. The van der Waals surface area contributed by atoms with Gasteiger partial charge in [-0.1, -0.05) is 12.1 Å². The predicted molar refractivity (Wildman–Crippen MR) is 70.9 cm³/mol. The molecule has 1 heterocycles. The van der Waals surface area contributed by atoms with E-state index in [1.165, 1.54) is 0 Å². The molecular weight excluding hydrogens is 244 g/mol. The van der Waals surface area contributed by atoms with Gasteiger partial charge < -0.3 is 15.4 Å². The lowest BCUT2D eigenvalue weighted by Gasteiger charge is -2.11. The molecule has 5 nitrogen and oxygen atoms in total. The minimum Gasteiger partial charge on any atom is -0.497 e. The van der Waals surface area contributed by atoms with Crippen molar-refractivity contribution in [3.05, 3.63) is 29.8 Å².